The molecule has 6 nitrogen and oxygen atoms in total. The first kappa shape index (κ1) is 20.6. The number of pyridine rings is 1. The fourth-order valence-electron chi connectivity index (χ4n) is 2.62. The second kappa shape index (κ2) is 8.77. The average molecular weight is 391 g/mol. The van der Waals surface area contributed by atoms with E-state index in [4.69, 9.17) is 20.8 Å². The van der Waals surface area contributed by atoms with Gasteiger partial charge in [0.15, 0.2) is 5.58 Å². The number of benzene rings is 1. The van der Waals surface area contributed by atoms with Gasteiger partial charge in [0.2, 0.25) is 0 Å². The van der Waals surface area contributed by atoms with Gasteiger partial charge >= 0.3 is 5.97 Å². The van der Waals surface area contributed by atoms with Crippen LogP contribution in [0.15, 0.2) is 39.7 Å². The van der Waals surface area contributed by atoms with Gasteiger partial charge in [-0.2, -0.15) is 0 Å². The number of hydrogen-bond acceptors (Lipinski definition) is 5. The molecule has 0 unspecified atom stereocenters. The minimum Gasteiger partial charge on any atom is -0.463 e. The van der Waals surface area contributed by atoms with Gasteiger partial charge < -0.3 is 14.5 Å². The van der Waals surface area contributed by atoms with Crippen molar-refractivity contribution in [3.8, 4) is 0 Å². The topological polar surface area (TPSA) is 73.5 Å². The molecule has 2 aromatic heterocycles. The summed E-state index contributed by atoms with van der Waals surface area (Å²) < 4.78 is 11.9. The average Bonchev–Trinajstić information content (AvgIpc) is 3.13. The van der Waals surface area contributed by atoms with Gasteiger partial charge in [0.1, 0.15) is 11.4 Å². The highest BCUT2D eigenvalue weighted by Gasteiger charge is 2.24. The third-order valence-corrected chi connectivity index (χ3v) is 4.17. The molecule has 0 atom stereocenters. The van der Waals surface area contributed by atoms with Gasteiger partial charge in [0.05, 0.1) is 29.0 Å². The summed E-state index contributed by atoms with van der Waals surface area (Å²) >= 11 is 6.27. The highest BCUT2D eigenvalue weighted by molar-refractivity contribution is 6.33. The zero-order valence-corrected chi connectivity index (χ0v) is 16.8. The van der Waals surface area contributed by atoms with Crippen LogP contribution in [-0.4, -0.2) is 17.1 Å². The molecule has 0 radical (unpaired) electrons. The molecule has 0 fully saturated rings. The SMILES string of the molecule is CC.CCOC(=O)c1c(Nc2ccc(C)cc2Cl)n(C)c(=O)c2ccoc12. The summed E-state index contributed by atoms with van der Waals surface area (Å²) in [6.45, 7) is 7.84. The van der Waals surface area contributed by atoms with Crippen molar-refractivity contribution < 1.29 is 13.9 Å². The number of carbonyl (C=O) groups excluding carboxylic acids is 1. The Morgan fingerprint density at radius 1 is 1.30 bits per heavy atom. The van der Waals surface area contributed by atoms with Crippen molar-refractivity contribution >= 4 is 40.0 Å². The number of aryl methyl sites for hydroxylation is 1. The van der Waals surface area contributed by atoms with Crippen molar-refractivity contribution in [2.45, 2.75) is 27.7 Å². The van der Waals surface area contributed by atoms with Crippen LogP contribution in [0.5, 0.6) is 0 Å². The molecule has 1 aromatic carbocycles. The molecule has 0 aliphatic carbocycles. The monoisotopic (exact) mass is 390 g/mol. The van der Waals surface area contributed by atoms with E-state index in [9.17, 15) is 9.59 Å². The van der Waals surface area contributed by atoms with Crippen molar-refractivity contribution in [3.63, 3.8) is 0 Å². The molecule has 144 valence electrons. The molecule has 0 saturated heterocycles. The third kappa shape index (κ3) is 4.01. The summed E-state index contributed by atoms with van der Waals surface area (Å²) in [4.78, 5) is 25.0. The number of fused-ring (bicyclic) bond motifs is 1. The van der Waals surface area contributed by atoms with E-state index in [1.165, 1.54) is 16.9 Å². The van der Waals surface area contributed by atoms with Crippen LogP contribution in [0.2, 0.25) is 5.02 Å². The van der Waals surface area contributed by atoms with Gasteiger partial charge in [-0.25, -0.2) is 4.79 Å². The van der Waals surface area contributed by atoms with Gasteiger partial charge in [-0.3, -0.25) is 9.36 Å². The number of halogens is 1. The Balaban J connectivity index is 0.00000126. The Morgan fingerprint density at radius 3 is 2.63 bits per heavy atom. The van der Waals surface area contributed by atoms with Gasteiger partial charge in [-0.15, -0.1) is 0 Å². The molecular formula is C20H23ClN2O4. The molecule has 0 spiro atoms. The van der Waals surface area contributed by atoms with Crippen LogP contribution in [-0.2, 0) is 11.8 Å². The minimum absolute atomic E-state index is 0.153. The zero-order chi connectivity index (χ0) is 20.1. The van der Waals surface area contributed by atoms with E-state index in [1.54, 1.807) is 26.1 Å². The van der Waals surface area contributed by atoms with Crippen molar-refractivity contribution in [1.29, 1.82) is 0 Å². The normalized spacial score (nSPS) is 10.3. The number of aromatic nitrogens is 1. The number of anilines is 2. The highest BCUT2D eigenvalue weighted by atomic mass is 35.5. The lowest BCUT2D eigenvalue weighted by atomic mass is 10.1. The second-order valence-electron chi connectivity index (χ2n) is 5.58. The number of hydrogen-bond donors (Lipinski definition) is 1. The molecule has 2 heterocycles. The molecule has 7 heteroatoms. The number of carbonyl (C=O) groups is 1. The molecule has 1 N–H and O–H groups in total. The van der Waals surface area contributed by atoms with Crippen molar-refractivity contribution in [3.05, 3.63) is 57.0 Å². The number of esters is 1. The summed E-state index contributed by atoms with van der Waals surface area (Å²) in [6.07, 6.45) is 1.37. The Morgan fingerprint density at radius 2 is 2.00 bits per heavy atom. The molecule has 3 rings (SSSR count). The second-order valence-corrected chi connectivity index (χ2v) is 5.99. The maximum absolute atomic E-state index is 12.5. The van der Waals surface area contributed by atoms with Crippen LogP contribution in [0.3, 0.4) is 0 Å². The number of rotatable bonds is 4. The lowest BCUT2D eigenvalue weighted by Gasteiger charge is -2.16. The summed E-state index contributed by atoms with van der Waals surface area (Å²) in [7, 11) is 1.57. The van der Waals surface area contributed by atoms with E-state index in [-0.39, 0.29) is 29.1 Å². The molecule has 0 aliphatic heterocycles. The van der Waals surface area contributed by atoms with Gasteiger partial charge in [0.25, 0.3) is 5.56 Å². The van der Waals surface area contributed by atoms with Gasteiger partial charge in [0, 0.05) is 7.05 Å². The van der Waals surface area contributed by atoms with Crippen molar-refractivity contribution in [1.82, 2.24) is 4.57 Å². The van der Waals surface area contributed by atoms with Crippen LogP contribution >= 0.6 is 11.6 Å². The van der Waals surface area contributed by atoms with Gasteiger partial charge in [-0.05, 0) is 37.6 Å². The van der Waals surface area contributed by atoms with E-state index in [2.05, 4.69) is 5.32 Å². The molecule has 0 bridgehead atoms. The summed E-state index contributed by atoms with van der Waals surface area (Å²) in [5.41, 5.74) is 1.62. The van der Waals surface area contributed by atoms with E-state index in [1.807, 2.05) is 26.8 Å². The van der Waals surface area contributed by atoms with Crippen LogP contribution in [0.25, 0.3) is 11.0 Å². The largest absolute Gasteiger partial charge is 0.463 e. The zero-order valence-electron chi connectivity index (χ0n) is 16.1. The van der Waals surface area contributed by atoms with Gasteiger partial charge in [-0.1, -0.05) is 31.5 Å². The minimum atomic E-state index is -0.580. The Labute approximate surface area is 162 Å². The number of nitrogens with zero attached hydrogens (tertiary/aromatic N) is 1. The molecule has 3 aromatic rings. The number of nitrogens with one attached hydrogen (secondary N) is 1. The lowest BCUT2D eigenvalue weighted by molar-refractivity contribution is 0.0528. The fourth-order valence-corrected chi connectivity index (χ4v) is 2.90. The summed E-state index contributed by atoms with van der Waals surface area (Å²) in [5, 5.41) is 3.85. The smallest absolute Gasteiger partial charge is 0.345 e. The predicted molar refractivity (Wildman–Crippen MR) is 108 cm³/mol. The third-order valence-electron chi connectivity index (χ3n) is 3.86. The highest BCUT2D eigenvalue weighted by Crippen LogP contribution is 2.31. The summed E-state index contributed by atoms with van der Waals surface area (Å²) in [6, 6.07) is 6.98. The van der Waals surface area contributed by atoms with Crippen LogP contribution < -0.4 is 10.9 Å². The van der Waals surface area contributed by atoms with E-state index >= 15 is 0 Å². The van der Waals surface area contributed by atoms with Crippen LogP contribution in [0, 0.1) is 6.92 Å². The molecule has 0 amide bonds. The molecule has 0 aliphatic rings. The summed E-state index contributed by atoms with van der Waals surface area (Å²) in [5.74, 6) is -0.319. The number of furan rings is 1. The van der Waals surface area contributed by atoms with Crippen LogP contribution in [0.1, 0.15) is 36.7 Å². The number of ether oxygens (including phenoxy) is 1. The lowest BCUT2D eigenvalue weighted by Crippen LogP contribution is -2.23. The van der Waals surface area contributed by atoms with Crippen molar-refractivity contribution in [2.75, 3.05) is 11.9 Å². The Hall–Kier alpha value is -2.73. The Kier molecular flexibility index (Phi) is 6.69. The standard InChI is InChI=1S/C18H17ClN2O4.C2H6/c1-4-24-18(23)14-15-11(7-8-25-15)17(22)21(3)16(14)20-13-6-5-10(2)9-12(13)19;1-2/h5-9,20H,4H2,1-3H3;1-2H3. The fraction of sp³-hybridized carbons (Fsp3) is 0.300. The maximum Gasteiger partial charge on any atom is 0.345 e. The first-order valence-corrected chi connectivity index (χ1v) is 9.12. The van der Waals surface area contributed by atoms with E-state index in [0.29, 0.717) is 16.1 Å². The quantitative estimate of drug-likeness (QED) is 0.632. The van der Waals surface area contributed by atoms with E-state index < -0.39 is 5.97 Å². The Bertz CT molecular complexity index is 1020. The molecule has 0 saturated carbocycles. The first-order valence-electron chi connectivity index (χ1n) is 8.74. The van der Waals surface area contributed by atoms with E-state index in [0.717, 1.165) is 5.56 Å². The predicted octanol–water partition coefficient (Wildman–Crippen LogP) is 5.04. The van der Waals surface area contributed by atoms with Crippen LogP contribution in [0.4, 0.5) is 11.5 Å². The molecular weight excluding hydrogens is 368 g/mol. The van der Waals surface area contributed by atoms with Crippen molar-refractivity contribution in [2.24, 2.45) is 7.05 Å². The first-order chi connectivity index (χ1) is 12.9. The molecule has 27 heavy (non-hydrogen) atoms. The maximum atomic E-state index is 12.5.